The van der Waals surface area contributed by atoms with Crippen molar-refractivity contribution >= 4 is 5.97 Å². The Balaban J connectivity index is 1.68. The number of carbonyl (C=O) groups is 1. The number of piperidine rings is 1. The Morgan fingerprint density at radius 1 is 1.50 bits per heavy atom. The number of rotatable bonds is 4. The van der Waals surface area contributed by atoms with Gasteiger partial charge in [-0.2, -0.15) is 0 Å². The Morgan fingerprint density at radius 2 is 2.35 bits per heavy atom. The van der Waals surface area contributed by atoms with Gasteiger partial charge in [-0.25, -0.2) is 14.8 Å². The van der Waals surface area contributed by atoms with Crippen molar-refractivity contribution < 1.29 is 13.9 Å². The number of nitrogens with zero attached hydrogens (tertiary/aromatic N) is 1. The number of nitrogens with one attached hydrogen (secondary N) is 1. The Hall–Kier alpha value is -1.46. The van der Waals surface area contributed by atoms with Crippen molar-refractivity contribution in [3.8, 4) is 0 Å². The summed E-state index contributed by atoms with van der Waals surface area (Å²) in [5.74, 6) is -0.0341. The molecule has 1 saturated carbocycles. The maximum atomic E-state index is 13.2. The summed E-state index contributed by atoms with van der Waals surface area (Å²) >= 11 is 0. The highest BCUT2D eigenvalue weighted by atomic mass is 19.1. The maximum absolute atomic E-state index is 13.2. The van der Waals surface area contributed by atoms with Gasteiger partial charge in [0.15, 0.2) is 0 Å². The van der Waals surface area contributed by atoms with E-state index < -0.39 is 0 Å². The molecule has 1 N–H and O–H groups in total. The largest absolute Gasteiger partial charge is 0.468 e. The van der Waals surface area contributed by atoms with Crippen LogP contribution >= 0.6 is 0 Å². The third kappa shape index (κ3) is 2.43. The van der Waals surface area contributed by atoms with Crippen molar-refractivity contribution in [1.82, 2.24) is 10.4 Å². The van der Waals surface area contributed by atoms with Gasteiger partial charge < -0.3 is 4.74 Å². The van der Waals surface area contributed by atoms with Gasteiger partial charge in [-0.1, -0.05) is 12.1 Å². The van der Waals surface area contributed by atoms with Gasteiger partial charge in [0.25, 0.3) is 0 Å². The topological polar surface area (TPSA) is 41.6 Å². The molecule has 0 radical (unpaired) electrons. The van der Waals surface area contributed by atoms with Gasteiger partial charge in [0.2, 0.25) is 0 Å². The summed E-state index contributed by atoms with van der Waals surface area (Å²) in [6.45, 7) is 0.522. The number of benzene rings is 1. The summed E-state index contributed by atoms with van der Waals surface area (Å²) in [4.78, 5) is 11.9. The molecule has 4 nitrogen and oxygen atoms in total. The third-order valence-electron chi connectivity index (χ3n) is 4.38. The minimum atomic E-state index is -0.239. The van der Waals surface area contributed by atoms with Gasteiger partial charge >= 0.3 is 5.97 Å². The average molecular weight is 278 g/mol. The van der Waals surface area contributed by atoms with Crippen LogP contribution in [0, 0.1) is 11.7 Å². The van der Waals surface area contributed by atoms with E-state index in [1.165, 1.54) is 19.2 Å². The van der Waals surface area contributed by atoms with E-state index in [0.717, 1.165) is 24.8 Å². The van der Waals surface area contributed by atoms with Crippen molar-refractivity contribution in [2.45, 2.75) is 37.9 Å². The second kappa shape index (κ2) is 5.50. The molecule has 0 amide bonds. The molecule has 3 rings (SSSR count). The zero-order valence-corrected chi connectivity index (χ0v) is 11.5. The van der Waals surface area contributed by atoms with Crippen molar-refractivity contribution in [2.24, 2.45) is 5.92 Å². The van der Waals surface area contributed by atoms with E-state index in [1.54, 1.807) is 6.07 Å². The first kappa shape index (κ1) is 13.5. The summed E-state index contributed by atoms with van der Waals surface area (Å²) in [6, 6.07) is 6.69. The SMILES string of the molecule is COC(=O)[C@@H]1[C@H]2CC[C@H](C2)N1NCc1cccc(F)c1. The molecule has 1 aliphatic carbocycles. The molecule has 108 valence electrons. The van der Waals surface area contributed by atoms with Crippen LogP contribution in [-0.4, -0.2) is 30.2 Å². The first-order chi connectivity index (χ1) is 9.69. The fourth-order valence-electron chi connectivity index (χ4n) is 3.47. The van der Waals surface area contributed by atoms with Gasteiger partial charge in [-0.3, -0.25) is 4.79 Å². The predicted octanol–water partition coefficient (Wildman–Crippen LogP) is 1.86. The third-order valence-corrected chi connectivity index (χ3v) is 4.38. The van der Waals surface area contributed by atoms with E-state index >= 15 is 0 Å². The van der Waals surface area contributed by atoms with Gasteiger partial charge in [0.05, 0.1) is 7.11 Å². The molecule has 1 aromatic carbocycles. The molecule has 0 unspecified atom stereocenters. The fourth-order valence-corrected chi connectivity index (χ4v) is 3.47. The number of hydrogen-bond donors (Lipinski definition) is 1. The second-order valence-corrected chi connectivity index (χ2v) is 5.57. The number of hydrazine groups is 1. The lowest BCUT2D eigenvalue weighted by atomic mass is 10.00. The number of fused-ring (bicyclic) bond motifs is 2. The van der Waals surface area contributed by atoms with Crippen LogP contribution in [0.25, 0.3) is 0 Å². The maximum Gasteiger partial charge on any atom is 0.324 e. The molecule has 1 aromatic rings. The molecule has 0 aromatic heterocycles. The van der Waals surface area contributed by atoms with Crippen molar-refractivity contribution in [3.05, 3.63) is 35.6 Å². The molecular formula is C15H19FN2O2. The molecule has 1 aliphatic heterocycles. The van der Waals surface area contributed by atoms with Crippen LogP contribution in [0.15, 0.2) is 24.3 Å². The standard InChI is InChI=1S/C15H19FN2O2/c1-20-15(19)14-11-5-6-13(8-11)18(14)17-9-10-3-2-4-12(16)7-10/h2-4,7,11,13-14,17H,5-6,8-9H2,1H3/t11-,13+,14-/m0/s1. The summed E-state index contributed by atoms with van der Waals surface area (Å²) < 4.78 is 18.1. The van der Waals surface area contributed by atoms with E-state index in [2.05, 4.69) is 5.43 Å². The van der Waals surface area contributed by atoms with Crippen LogP contribution in [0.1, 0.15) is 24.8 Å². The van der Waals surface area contributed by atoms with E-state index in [9.17, 15) is 9.18 Å². The lowest BCUT2D eigenvalue weighted by Gasteiger charge is -2.33. The lowest BCUT2D eigenvalue weighted by molar-refractivity contribution is -0.150. The summed E-state index contributed by atoms with van der Waals surface area (Å²) in [6.07, 6.45) is 3.23. The summed E-state index contributed by atoms with van der Waals surface area (Å²) in [5.41, 5.74) is 4.16. The molecule has 1 heterocycles. The highest BCUT2D eigenvalue weighted by molar-refractivity contribution is 5.76. The quantitative estimate of drug-likeness (QED) is 0.854. The highest BCUT2D eigenvalue weighted by Crippen LogP contribution is 2.41. The smallest absolute Gasteiger partial charge is 0.324 e. The van der Waals surface area contributed by atoms with Crippen molar-refractivity contribution in [3.63, 3.8) is 0 Å². The fraction of sp³-hybridized carbons (Fsp3) is 0.533. The van der Waals surface area contributed by atoms with Crippen LogP contribution in [0.3, 0.4) is 0 Å². The Morgan fingerprint density at radius 3 is 3.10 bits per heavy atom. The molecule has 3 atom stereocenters. The van der Waals surface area contributed by atoms with Crippen molar-refractivity contribution in [1.29, 1.82) is 0 Å². The van der Waals surface area contributed by atoms with Gasteiger partial charge in [-0.15, -0.1) is 0 Å². The normalized spacial score (nSPS) is 28.8. The van der Waals surface area contributed by atoms with Crippen molar-refractivity contribution in [2.75, 3.05) is 7.11 Å². The average Bonchev–Trinajstić information content (AvgIpc) is 3.05. The number of halogens is 1. The minimum absolute atomic E-state index is 0.177. The van der Waals surface area contributed by atoms with Crippen LogP contribution < -0.4 is 5.43 Å². The summed E-state index contributed by atoms with van der Waals surface area (Å²) in [7, 11) is 1.43. The van der Waals surface area contributed by atoms with Gasteiger partial charge in [0.1, 0.15) is 11.9 Å². The first-order valence-electron chi connectivity index (χ1n) is 7.03. The lowest BCUT2D eigenvalue weighted by Crippen LogP contribution is -2.53. The van der Waals surface area contributed by atoms with E-state index in [1.807, 2.05) is 11.1 Å². The molecule has 2 bridgehead atoms. The second-order valence-electron chi connectivity index (χ2n) is 5.57. The predicted molar refractivity (Wildman–Crippen MR) is 72.0 cm³/mol. The molecule has 1 saturated heterocycles. The summed E-state index contributed by atoms with van der Waals surface area (Å²) in [5, 5.41) is 2.02. The highest BCUT2D eigenvalue weighted by Gasteiger charge is 2.49. The Labute approximate surface area is 117 Å². The van der Waals surface area contributed by atoms with E-state index in [-0.39, 0.29) is 17.8 Å². The van der Waals surface area contributed by atoms with Crippen LogP contribution in [-0.2, 0) is 16.1 Å². The molecular weight excluding hydrogens is 259 g/mol. The number of hydrogen-bond acceptors (Lipinski definition) is 4. The van der Waals surface area contributed by atoms with E-state index in [4.69, 9.17) is 4.74 Å². The zero-order chi connectivity index (χ0) is 14.1. The molecule has 2 fully saturated rings. The van der Waals surface area contributed by atoms with Gasteiger partial charge in [0, 0.05) is 12.6 Å². The Bertz CT molecular complexity index is 508. The molecule has 0 spiro atoms. The Kier molecular flexibility index (Phi) is 3.72. The number of methoxy groups -OCH3 is 1. The molecule has 2 aliphatic rings. The minimum Gasteiger partial charge on any atom is -0.468 e. The molecule has 20 heavy (non-hydrogen) atoms. The number of esters is 1. The number of ether oxygens (including phenoxy) is 1. The van der Waals surface area contributed by atoms with Crippen LogP contribution in [0.2, 0.25) is 0 Å². The monoisotopic (exact) mass is 278 g/mol. The van der Waals surface area contributed by atoms with Gasteiger partial charge in [-0.05, 0) is 42.9 Å². The number of carbonyl (C=O) groups excluding carboxylic acids is 1. The van der Waals surface area contributed by atoms with E-state index in [0.29, 0.717) is 18.5 Å². The first-order valence-corrected chi connectivity index (χ1v) is 7.03. The van der Waals surface area contributed by atoms with Crippen LogP contribution in [0.5, 0.6) is 0 Å². The molecule has 5 heteroatoms. The van der Waals surface area contributed by atoms with Crippen LogP contribution in [0.4, 0.5) is 4.39 Å². The zero-order valence-electron chi connectivity index (χ0n) is 11.5.